The zero-order valence-electron chi connectivity index (χ0n) is 11.6. The first-order valence-corrected chi connectivity index (χ1v) is 6.31. The number of benzene rings is 1. The van der Waals surface area contributed by atoms with E-state index in [9.17, 15) is 9.90 Å². The summed E-state index contributed by atoms with van der Waals surface area (Å²) < 4.78 is 5.39. The highest BCUT2D eigenvalue weighted by molar-refractivity contribution is 5.79. The Morgan fingerprint density at radius 3 is 2.50 bits per heavy atom. The van der Waals surface area contributed by atoms with Crippen molar-refractivity contribution in [3.05, 3.63) is 22.8 Å². The van der Waals surface area contributed by atoms with Gasteiger partial charge in [-0.15, -0.1) is 0 Å². The standard InChI is InChI=1S/C15H20O3/c1-8(2)15(5)7-13(17)18-14-10(4)9(3)12(16)6-11(14)15/h6,8,16H,7H2,1-5H3. The van der Waals surface area contributed by atoms with Crippen molar-refractivity contribution in [2.24, 2.45) is 5.92 Å². The van der Waals surface area contributed by atoms with Crippen molar-refractivity contribution in [2.75, 3.05) is 0 Å². The van der Waals surface area contributed by atoms with E-state index in [4.69, 9.17) is 4.74 Å². The molecule has 1 atom stereocenters. The lowest BCUT2D eigenvalue weighted by molar-refractivity contribution is -0.137. The lowest BCUT2D eigenvalue weighted by Crippen LogP contribution is -2.38. The highest BCUT2D eigenvalue weighted by Crippen LogP contribution is 2.47. The predicted molar refractivity (Wildman–Crippen MR) is 70.0 cm³/mol. The third-order valence-electron chi connectivity index (χ3n) is 4.43. The molecule has 0 bridgehead atoms. The Kier molecular flexibility index (Phi) is 2.88. The Balaban J connectivity index is 2.74. The van der Waals surface area contributed by atoms with Crippen molar-refractivity contribution in [2.45, 2.75) is 46.5 Å². The SMILES string of the molecule is Cc1c(O)cc2c(c1C)OC(=O)CC2(C)C(C)C. The maximum absolute atomic E-state index is 11.8. The average molecular weight is 248 g/mol. The second kappa shape index (κ2) is 4.01. The van der Waals surface area contributed by atoms with Crippen LogP contribution in [0, 0.1) is 19.8 Å². The zero-order chi connectivity index (χ0) is 13.7. The minimum atomic E-state index is -0.277. The van der Waals surface area contributed by atoms with Crippen LogP contribution in [-0.4, -0.2) is 11.1 Å². The van der Waals surface area contributed by atoms with E-state index in [1.807, 2.05) is 13.8 Å². The van der Waals surface area contributed by atoms with Crippen molar-refractivity contribution >= 4 is 5.97 Å². The Hall–Kier alpha value is -1.51. The molecule has 2 rings (SSSR count). The van der Waals surface area contributed by atoms with Crippen LogP contribution in [0.25, 0.3) is 0 Å². The molecule has 0 radical (unpaired) electrons. The van der Waals surface area contributed by atoms with E-state index in [-0.39, 0.29) is 17.1 Å². The van der Waals surface area contributed by atoms with Gasteiger partial charge in [-0.05, 0) is 37.0 Å². The predicted octanol–water partition coefficient (Wildman–Crippen LogP) is 3.23. The fourth-order valence-corrected chi connectivity index (χ4v) is 2.49. The number of carbonyl (C=O) groups is 1. The number of carbonyl (C=O) groups excluding carboxylic acids is 1. The maximum atomic E-state index is 11.8. The smallest absolute Gasteiger partial charge is 0.312 e. The van der Waals surface area contributed by atoms with Crippen LogP contribution >= 0.6 is 0 Å². The first-order valence-electron chi connectivity index (χ1n) is 6.31. The van der Waals surface area contributed by atoms with E-state index in [0.29, 0.717) is 18.1 Å². The molecule has 98 valence electrons. The zero-order valence-corrected chi connectivity index (χ0v) is 11.6. The second-order valence-electron chi connectivity index (χ2n) is 5.75. The Bertz CT molecular complexity index is 517. The van der Waals surface area contributed by atoms with Crippen LogP contribution in [0.4, 0.5) is 0 Å². The molecule has 1 N–H and O–H groups in total. The first kappa shape index (κ1) is 12.9. The van der Waals surface area contributed by atoms with E-state index in [1.54, 1.807) is 6.07 Å². The molecule has 0 amide bonds. The van der Waals surface area contributed by atoms with Gasteiger partial charge in [0.1, 0.15) is 11.5 Å². The number of phenolic OH excluding ortho intramolecular Hbond substituents is 1. The Morgan fingerprint density at radius 2 is 1.94 bits per heavy atom. The van der Waals surface area contributed by atoms with Crippen LogP contribution in [-0.2, 0) is 10.2 Å². The van der Waals surface area contributed by atoms with Gasteiger partial charge in [0, 0.05) is 11.0 Å². The van der Waals surface area contributed by atoms with Crippen molar-refractivity contribution in [1.29, 1.82) is 0 Å². The van der Waals surface area contributed by atoms with E-state index in [2.05, 4.69) is 20.8 Å². The fraction of sp³-hybridized carbons (Fsp3) is 0.533. The third kappa shape index (κ3) is 1.69. The van der Waals surface area contributed by atoms with Gasteiger partial charge in [-0.25, -0.2) is 0 Å². The van der Waals surface area contributed by atoms with Crippen molar-refractivity contribution in [3.63, 3.8) is 0 Å². The lowest BCUT2D eigenvalue weighted by atomic mass is 9.69. The van der Waals surface area contributed by atoms with E-state index in [0.717, 1.165) is 16.7 Å². The van der Waals surface area contributed by atoms with Gasteiger partial charge in [0.2, 0.25) is 0 Å². The van der Waals surface area contributed by atoms with Gasteiger partial charge < -0.3 is 9.84 Å². The highest BCUT2D eigenvalue weighted by Gasteiger charge is 2.41. The molecule has 1 unspecified atom stereocenters. The molecule has 0 aliphatic carbocycles. The second-order valence-corrected chi connectivity index (χ2v) is 5.75. The quantitative estimate of drug-likeness (QED) is 0.613. The van der Waals surface area contributed by atoms with Crippen LogP contribution in [0.15, 0.2) is 6.07 Å². The molecule has 0 spiro atoms. The van der Waals surface area contributed by atoms with E-state index >= 15 is 0 Å². The highest BCUT2D eigenvalue weighted by atomic mass is 16.5. The molecule has 0 fully saturated rings. The Morgan fingerprint density at radius 1 is 1.33 bits per heavy atom. The monoisotopic (exact) mass is 248 g/mol. The van der Waals surface area contributed by atoms with Crippen molar-refractivity contribution in [1.82, 2.24) is 0 Å². The average Bonchev–Trinajstić information content (AvgIpc) is 2.28. The first-order chi connectivity index (χ1) is 8.27. The largest absolute Gasteiger partial charge is 0.508 e. The minimum absolute atomic E-state index is 0.188. The summed E-state index contributed by atoms with van der Waals surface area (Å²) >= 11 is 0. The van der Waals surface area contributed by atoms with Crippen LogP contribution in [0.3, 0.4) is 0 Å². The number of hydrogen-bond donors (Lipinski definition) is 1. The van der Waals surface area contributed by atoms with Crippen molar-refractivity contribution in [3.8, 4) is 11.5 Å². The summed E-state index contributed by atoms with van der Waals surface area (Å²) in [6, 6.07) is 1.75. The third-order valence-corrected chi connectivity index (χ3v) is 4.43. The molecule has 1 aromatic rings. The van der Waals surface area contributed by atoms with E-state index in [1.165, 1.54) is 0 Å². The molecular formula is C15H20O3. The summed E-state index contributed by atoms with van der Waals surface area (Å²) in [6.45, 7) is 9.96. The molecule has 3 heteroatoms. The number of ether oxygens (including phenoxy) is 1. The van der Waals surface area contributed by atoms with Gasteiger partial charge in [-0.3, -0.25) is 4.79 Å². The van der Waals surface area contributed by atoms with Gasteiger partial charge in [0.15, 0.2) is 0 Å². The fourth-order valence-electron chi connectivity index (χ4n) is 2.49. The summed E-state index contributed by atoms with van der Waals surface area (Å²) in [5.74, 6) is 1.02. The molecule has 18 heavy (non-hydrogen) atoms. The normalized spacial score (nSPS) is 22.9. The van der Waals surface area contributed by atoms with Gasteiger partial charge in [-0.2, -0.15) is 0 Å². The molecule has 1 aliphatic rings. The number of hydrogen-bond acceptors (Lipinski definition) is 3. The molecular weight excluding hydrogens is 228 g/mol. The van der Waals surface area contributed by atoms with Crippen LogP contribution < -0.4 is 4.74 Å². The molecule has 0 saturated heterocycles. The summed E-state index contributed by atoms with van der Waals surface area (Å²) in [6.07, 6.45) is 0.361. The van der Waals surface area contributed by atoms with Gasteiger partial charge >= 0.3 is 5.97 Å². The summed E-state index contributed by atoms with van der Waals surface area (Å²) in [5, 5.41) is 10.00. The van der Waals surface area contributed by atoms with Crippen molar-refractivity contribution < 1.29 is 14.6 Å². The molecule has 1 aliphatic heterocycles. The maximum Gasteiger partial charge on any atom is 0.312 e. The van der Waals surface area contributed by atoms with Crippen LogP contribution in [0.5, 0.6) is 11.5 Å². The molecule has 0 saturated carbocycles. The minimum Gasteiger partial charge on any atom is -0.508 e. The topological polar surface area (TPSA) is 46.5 Å². The number of phenols is 1. The molecule has 1 aromatic carbocycles. The number of fused-ring (bicyclic) bond motifs is 1. The summed E-state index contributed by atoms with van der Waals surface area (Å²) in [7, 11) is 0. The van der Waals surface area contributed by atoms with Crippen LogP contribution in [0.1, 0.15) is 43.9 Å². The van der Waals surface area contributed by atoms with Gasteiger partial charge in [0.05, 0.1) is 6.42 Å². The molecule has 0 aromatic heterocycles. The van der Waals surface area contributed by atoms with Crippen LogP contribution in [0.2, 0.25) is 0 Å². The van der Waals surface area contributed by atoms with Gasteiger partial charge in [-0.1, -0.05) is 20.8 Å². The molecule has 1 heterocycles. The molecule has 3 nitrogen and oxygen atoms in total. The lowest BCUT2D eigenvalue weighted by Gasteiger charge is -2.38. The number of aromatic hydroxyl groups is 1. The Labute approximate surface area is 108 Å². The number of esters is 1. The summed E-state index contributed by atoms with van der Waals surface area (Å²) in [4.78, 5) is 11.8. The number of rotatable bonds is 1. The van der Waals surface area contributed by atoms with E-state index < -0.39 is 0 Å². The summed E-state index contributed by atoms with van der Waals surface area (Å²) in [5.41, 5.74) is 2.29. The van der Waals surface area contributed by atoms with Gasteiger partial charge in [0.25, 0.3) is 0 Å².